The molecule has 1 aliphatic heterocycles. The van der Waals surface area contributed by atoms with Crippen molar-refractivity contribution in [1.29, 1.82) is 0 Å². The molecule has 2 fully saturated rings. The highest BCUT2D eigenvalue weighted by atomic mass is 35.5. The molecule has 0 radical (unpaired) electrons. The molecule has 1 aromatic rings. The number of carbonyl (C=O) groups is 1. The number of hydrogen-bond acceptors (Lipinski definition) is 2. The second-order valence-corrected chi connectivity index (χ2v) is 6.90. The van der Waals surface area contributed by atoms with Crippen LogP contribution in [0.5, 0.6) is 0 Å². The molecule has 21 heavy (non-hydrogen) atoms. The average molecular weight is 327 g/mol. The Balaban J connectivity index is 1.48. The zero-order chi connectivity index (χ0) is 14.8. The van der Waals surface area contributed by atoms with Crippen molar-refractivity contribution < 1.29 is 4.79 Å². The Kier molecular flexibility index (Phi) is 4.72. The summed E-state index contributed by atoms with van der Waals surface area (Å²) in [6.45, 7) is 2.79. The number of rotatable bonds is 4. The van der Waals surface area contributed by atoms with Crippen LogP contribution in [0, 0.1) is 5.92 Å². The number of halogens is 2. The summed E-state index contributed by atoms with van der Waals surface area (Å²) in [6.07, 6.45) is 4.20. The van der Waals surface area contributed by atoms with E-state index in [1.807, 2.05) is 18.2 Å². The SMILES string of the molecule is O=C(NC1CC1)C1CCN(Cc2ccc(Cl)c(Cl)c2)CC1. The smallest absolute Gasteiger partial charge is 0.223 e. The van der Waals surface area contributed by atoms with Crippen LogP contribution in [0.1, 0.15) is 31.2 Å². The Morgan fingerprint density at radius 3 is 2.48 bits per heavy atom. The van der Waals surface area contributed by atoms with Crippen LogP contribution in [0.4, 0.5) is 0 Å². The lowest BCUT2D eigenvalue weighted by atomic mass is 9.95. The molecule has 0 unspecified atom stereocenters. The molecule has 0 spiro atoms. The Morgan fingerprint density at radius 1 is 1.14 bits per heavy atom. The van der Waals surface area contributed by atoms with E-state index in [-0.39, 0.29) is 11.8 Å². The summed E-state index contributed by atoms with van der Waals surface area (Å²) < 4.78 is 0. The molecule has 3 rings (SSSR count). The summed E-state index contributed by atoms with van der Waals surface area (Å²) in [7, 11) is 0. The van der Waals surface area contributed by atoms with E-state index in [9.17, 15) is 4.79 Å². The fraction of sp³-hybridized carbons (Fsp3) is 0.562. The predicted octanol–water partition coefficient (Wildman–Crippen LogP) is 3.48. The van der Waals surface area contributed by atoms with E-state index in [1.54, 1.807) is 0 Å². The maximum atomic E-state index is 12.0. The molecule has 1 aliphatic carbocycles. The van der Waals surface area contributed by atoms with Crippen molar-refractivity contribution in [2.24, 2.45) is 5.92 Å². The van der Waals surface area contributed by atoms with Crippen LogP contribution < -0.4 is 5.32 Å². The first-order valence-corrected chi connectivity index (χ1v) is 8.34. The van der Waals surface area contributed by atoms with Gasteiger partial charge in [0.1, 0.15) is 0 Å². The van der Waals surface area contributed by atoms with Gasteiger partial charge < -0.3 is 5.32 Å². The van der Waals surface area contributed by atoms with Gasteiger partial charge in [-0.25, -0.2) is 0 Å². The first-order chi connectivity index (χ1) is 10.1. The van der Waals surface area contributed by atoms with Gasteiger partial charge >= 0.3 is 0 Å². The minimum atomic E-state index is 0.190. The standard InChI is InChI=1S/C16H20Cl2N2O/c17-14-4-1-11(9-15(14)18)10-20-7-5-12(6-8-20)16(21)19-13-2-3-13/h1,4,9,12-13H,2-3,5-8,10H2,(H,19,21). The average Bonchev–Trinajstić information content (AvgIpc) is 3.28. The van der Waals surface area contributed by atoms with Gasteiger partial charge in [0.25, 0.3) is 0 Å². The van der Waals surface area contributed by atoms with Crippen LogP contribution in [0.2, 0.25) is 10.0 Å². The van der Waals surface area contributed by atoms with Crippen LogP contribution in [-0.2, 0) is 11.3 Å². The van der Waals surface area contributed by atoms with E-state index < -0.39 is 0 Å². The highest BCUT2D eigenvalue weighted by Crippen LogP contribution is 2.26. The number of nitrogens with zero attached hydrogens (tertiary/aromatic N) is 1. The summed E-state index contributed by atoms with van der Waals surface area (Å²) >= 11 is 12.0. The quantitative estimate of drug-likeness (QED) is 0.918. The van der Waals surface area contributed by atoms with Crippen molar-refractivity contribution in [3.05, 3.63) is 33.8 Å². The summed E-state index contributed by atoms with van der Waals surface area (Å²) in [5.74, 6) is 0.447. The third-order valence-corrected chi connectivity index (χ3v) is 5.01. The molecule has 1 aromatic carbocycles. The molecule has 3 nitrogen and oxygen atoms in total. The van der Waals surface area contributed by atoms with Gasteiger partial charge in [0.15, 0.2) is 0 Å². The van der Waals surface area contributed by atoms with E-state index in [0.29, 0.717) is 16.1 Å². The molecule has 0 aromatic heterocycles. The van der Waals surface area contributed by atoms with Gasteiger partial charge in [-0.15, -0.1) is 0 Å². The van der Waals surface area contributed by atoms with Gasteiger partial charge in [-0.05, 0) is 56.5 Å². The van der Waals surface area contributed by atoms with E-state index in [4.69, 9.17) is 23.2 Å². The van der Waals surface area contributed by atoms with Crippen molar-refractivity contribution in [2.45, 2.75) is 38.3 Å². The second kappa shape index (κ2) is 6.55. The van der Waals surface area contributed by atoms with Gasteiger partial charge in [-0.3, -0.25) is 9.69 Å². The highest BCUT2D eigenvalue weighted by molar-refractivity contribution is 6.42. The van der Waals surface area contributed by atoms with Gasteiger partial charge in [0.05, 0.1) is 10.0 Å². The molecule has 1 amide bonds. The molecule has 0 atom stereocenters. The first-order valence-electron chi connectivity index (χ1n) is 7.58. The molecule has 0 bridgehead atoms. The van der Waals surface area contributed by atoms with E-state index in [0.717, 1.165) is 45.3 Å². The number of hydrogen-bond donors (Lipinski definition) is 1. The maximum absolute atomic E-state index is 12.0. The number of likely N-dealkylation sites (tertiary alicyclic amines) is 1. The van der Waals surface area contributed by atoms with Crippen LogP contribution in [-0.4, -0.2) is 29.9 Å². The summed E-state index contributed by atoms with van der Waals surface area (Å²) in [5.41, 5.74) is 1.17. The molecule has 1 saturated carbocycles. The Hall–Kier alpha value is -0.770. The van der Waals surface area contributed by atoms with Crippen molar-refractivity contribution in [3.8, 4) is 0 Å². The van der Waals surface area contributed by atoms with Crippen molar-refractivity contribution >= 4 is 29.1 Å². The van der Waals surface area contributed by atoms with E-state index in [2.05, 4.69) is 10.2 Å². The Bertz CT molecular complexity index is 523. The monoisotopic (exact) mass is 326 g/mol. The molecule has 1 heterocycles. The Morgan fingerprint density at radius 2 is 1.86 bits per heavy atom. The minimum Gasteiger partial charge on any atom is -0.353 e. The molecule has 2 aliphatic rings. The van der Waals surface area contributed by atoms with Gasteiger partial charge in [-0.1, -0.05) is 29.3 Å². The fourth-order valence-electron chi connectivity index (χ4n) is 2.80. The van der Waals surface area contributed by atoms with Crippen LogP contribution in [0.15, 0.2) is 18.2 Å². The fourth-order valence-corrected chi connectivity index (χ4v) is 3.12. The molecule has 5 heteroatoms. The molecule has 1 N–H and O–H groups in total. The number of carbonyl (C=O) groups excluding carboxylic acids is 1. The van der Waals surface area contributed by atoms with Crippen LogP contribution >= 0.6 is 23.2 Å². The number of piperidine rings is 1. The molecular weight excluding hydrogens is 307 g/mol. The first kappa shape index (κ1) is 15.1. The second-order valence-electron chi connectivity index (χ2n) is 6.08. The lowest BCUT2D eigenvalue weighted by Gasteiger charge is -2.31. The number of benzene rings is 1. The molecule has 114 valence electrons. The van der Waals surface area contributed by atoms with Gasteiger partial charge in [0.2, 0.25) is 5.91 Å². The zero-order valence-electron chi connectivity index (χ0n) is 11.9. The van der Waals surface area contributed by atoms with Crippen molar-refractivity contribution in [3.63, 3.8) is 0 Å². The molecule has 1 saturated heterocycles. The minimum absolute atomic E-state index is 0.190. The lowest BCUT2D eigenvalue weighted by molar-refractivity contribution is -0.126. The number of nitrogens with one attached hydrogen (secondary N) is 1. The van der Waals surface area contributed by atoms with Crippen LogP contribution in [0.3, 0.4) is 0 Å². The normalized spacial score (nSPS) is 20.5. The van der Waals surface area contributed by atoms with Crippen molar-refractivity contribution in [1.82, 2.24) is 10.2 Å². The number of amides is 1. The van der Waals surface area contributed by atoms with Gasteiger partial charge in [0, 0.05) is 18.5 Å². The third kappa shape index (κ3) is 4.12. The zero-order valence-corrected chi connectivity index (χ0v) is 13.5. The largest absolute Gasteiger partial charge is 0.353 e. The highest BCUT2D eigenvalue weighted by Gasteiger charge is 2.29. The van der Waals surface area contributed by atoms with E-state index >= 15 is 0 Å². The summed E-state index contributed by atoms with van der Waals surface area (Å²) in [4.78, 5) is 14.4. The Labute approximate surface area is 135 Å². The lowest BCUT2D eigenvalue weighted by Crippen LogP contribution is -2.40. The summed E-state index contributed by atoms with van der Waals surface area (Å²) in [6, 6.07) is 6.25. The summed E-state index contributed by atoms with van der Waals surface area (Å²) in [5, 5.41) is 4.31. The maximum Gasteiger partial charge on any atom is 0.223 e. The van der Waals surface area contributed by atoms with Crippen molar-refractivity contribution in [2.75, 3.05) is 13.1 Å². The van der Waals surface area contributed by atoms with E-state index in [1.165, 1.54) is 5.56 Å². The molecular formula is C16H20Cl2N2O. The topological polar surface area (TPSA) is 32.3 Å². The predicted molar refractivity (Wildman–Crippen MR) is 85.6 cm³/mol. The van der Waals surface area contributed by atoms with Crippen LogP contribution in [0.25, 0.3) is 0 Å². The van der Waals surface area contributed by atoms with Gasteiger partial charge in [-0.2, -0.15) is 0 Å². The third-order valence-electron chi connectivity index (χ3n) is 4.27.